The average Bonchev–Trinajstić information content (AvgIpc) is 3.29. The van der Waals surface area contributed by atoms with E-state index in [0.717, 1.165) is 17.4 Å². The fourth-order valence-corrected chi connectivity index (χ4v) is 3.87. The lowest BCUT2D eigenvalue weighted by molar-refractivity contribution is -0.145. The summed E-state index contributed by atoms with van der Waals surface area (Å²) in [6.45, 7) is 4.54. The third-order valence-corrected chi connectivity index (χ3v) is 5.36. The van der Waals surface area contributed by atoms with Gasteiger partial charge in [0.2, 0.25) is 6.79 Å². The Balaban J connectivity index is 1.86. The molecular weight excluding hydrogens is 421 g/mol. The molecule has 1 aromatic carbocycles. The second-order valence-electron chi connectivity index (χ2n) is 6.57. The Hall–Kier alpha value is -2.78. The van der Waals surface area contributed by atoms with Crippen LogP contribution in [0.25, 0.3) is 21.6 Å². The van der Waals surface area contributed by atoms with Crippen molar-refractivity contribution in [2.75, 3.05) is 13.4 Å². The van der Waals surface area contributed by atoms with E-state index in [1.165, 1.54) is 19.1 Å². The number of alkyl halides is 3. The first-order valence-corrected chi connectivity index (χ1v) is 9.81. The van der Waals surface area contributed by atoms with Crippen LogP contribution in [0.2, 0.25) is 0 Å². The van der Waals surface area contributed by atoms with Gasteiger partial charge in [-0.25, -0.2) is 4.79 Å². The van der Waals surface area contributed by atoms with Crippen molar-refractivity contribution in [3.05, 3.63) is 52.9 Å². The summed E-state index contributed by atoms with van der Waals surface area (Å²) in [4.78, 5) is 11.9. The summed E-state index contributed by atoms with van der Waals surface area (Å²) in [5, 5.41) is 9.55. The molecule has 0 bridgehead atoms. The molecule has 0 aliphatic heterocycles. The summed E-state index contributed by atoms with van der Waals surface area (Å²) >= 11 is 0.997. The fourth-order valence-electron chi connectivity index (χ4n) is 2.70. The molecular formula is C21H19F3O5S. The summed E-state index contributed by atoms with van der Waals surface area (Å²) in [6.07, 6.45) is -3.79. The number of rotatable bonds is 8. The van der Waals surface area contributed by atoms with Crippen LogP contribution in [0.4, 0.5) is 13.2 Å². The van der Waals surface area contributed by atoms with Crippen molar-refractivity contribution >= 4 is 28.3 Å². The lowest BCUT2D eigenvalue weighted by Gasteiger charge is -2.06. The van der Waals surface area contributed by atoms with E-state index in [1.54, 1.807) is 12.1 Å². The zero-order valence-corrected chi connectivity index (χ0v) is 16.9. The number of carbonyl (C=O) groups is 1. The molecule has 3 rings (SSSR count). The van der Waals surface area contributed by atoms with E-state index < -0.39 is 17.7 Å². The molecule has 9 heteroatoms. The van der Waals surface area contributed by atoms with Gasteiger partial charge in [0.15, 0.2) is 0 Å². The molecule has 0 amide bonds. The number of aryl methyl sites for hydroxylation is 1. The molecule has 0 fully saturated rings. The second kappa shape index (κ2) is 8.93. The highest BCUT2D eigenvalue weighted by molar-refractivity contribution is 7.15. The number of hydrogen-bond acceptors (Lipinski definition) is 6. The van der Waals surface area contributed by atoms with Crippen molar-refractivity contribution in [2.45, 2.75) is 25.9 Å². The predicted octanol–water partition coefficient (Wildman–Crippen LogP) is 5.56. The molecule has 5 nitrogen and oxygen atoms in total. The highest BCUT2D eigenvalue weighted by Crippen LogP contribution is 2.44. The van der Waals surface area contributed by atoms with Gasteiger partial charge in [-0.05, 0) is 44.0 Å². The minimum absolute atomic E-state index is 0.00973. The van der Waals surface area contributed by atoms with E-state index in [9.17, 15) is 18.0 Å². The first-order chi connectivity index (χ1) is 14.2. The number of hydrogen-bond donors (Lipinski definition) is 1. The van der Waals surface area contributed by atoms with Crippen LogP contribution >= 0.6 is 11.3 Å². The first kappa shape index (κ1) is 21.9. The molecule has 0 saturated carbocycles. The van der Waals surface area contributed by atoms with Crippen LogP contribution in [0.5, 0.6) is 5.75 Å². The molecule has 0 saturated heterocycles. The Morgan fingerprint density at radius 2 is 2.03 bits per heavy atom. The summed E-state index contributed by atoms with van der Waals surface area (Å²) < 4.78 is 56.3. The van der Waals surface area contributed by atoms with Crippen LogP contribution in [0.1, 0.15) is 23.8 Å². The molecule has 0 unspecified atom stereocenters. The van der Waals surface area contributed by atoms with Crippen molar-refractivity contribution < 1.29 is 37.0 Å². The van der Waals surface area contributed by atoms with Crippen LogP contribution in [0.3, 0.4) is 0 Å². The normalized spacial score (nSPS) is 11.6. The quantitative estimate of drug-likeness (QED) is 0.282. The van der Waals surface area contributed by atoms with Gasteiger partial charge in [0.25, 0.3) is 0 Å². The number of esters is 1. The Kier molecular flexibility index (Phi) is 6.52. The summed E-state index contributed by atoms with van der Waals surface area (Å²) in [6, 6.07) is 7.40. The lowest BCUT2D eigenvalue weighted by Crippen LogP contribution is -2.10. The first-order valence-electron chi connectivity index (χ1n) is 8.99. The molecule has 160 valence electrons. The minimum atomic E-state index is -4.52. The van der Waals surface area contributed by atoms with E-state index in [2.05, 4.69) is 6.58 Å². The van der Waals surface area contributed by atoms with E-state index in [1.807, 2.05) is 0 Å². The molecule has 0 aliphatic rings. The summed E-state index contributed by atoms with van der Waals surface area (Å²) in [7, 11) is 0. The molecule has 2 heterocycles. The molecule has 0 spiro atoms. The standard InChI is InChI=1S/C21H19F3O5S/c1-12(2)20(26)28-11-27-14-6-5-13-8-18(29-17(13)9-14)19-16(21(22,23)24)10-15(30-19)4-3-7-25/h5-6,8-10,25H,1,3-4,7,11H2,2H3. The fraction of sp³-hybridized carbons (Fsp3) is 0.286. The van der Waals surface area contributed by atoms with Crippen LogP contribution < -0.4 is 4.74 Å². The maximum absolute atomic E-state index is 13.5. The van der Waals surface area contributed by atoms with E-state index in [0.29, 0.717) is 34.4 Å². The van der Waals surface area contributed by atoms with Crippen LogP contribution in [-0.2, 0) is 22.1 Å². The number of benzene rings is 1. The number of aliphatic hydroxyl groups is 1. The third kappa shape index (κ3) is 5.03. The molecule has 3 aromatic rings. The number of halogens is 3. The molecule has 2 aromatic heterocycles. The van der Waals surface area contributed by atoms with Crippen LogP contribution in [-0.4, -0.2) is 24.5 Å². The largest absolute Gasteiger partial charge is 0.457 e. The van der Waals surface area contributed by atoms with Crippen molar-refractivity contribution in [2.24, 2.45) is 0 Å². The van der Waals surface area contributed by atoms with Crippen molar-refractivity contribution in [3.8, 4) is 16.4 Å². The number of fused-ring (bicyclic) bond motifs is 1. The van der Waals surface area contributed by atoms with Gasteiger partial charge in [0, 0.05) is 28.5 Å². The van der Waals surface area contributed by atoms with Crippen molar-refractivity contribution in [3.63, 3.8) is 0 Å². The number of aliphatic hydroxyl groups excluding tert-OH is 1. The number of ether oxygens (including phenoxy) is 2. The Morgan fingerprint density at radius 3 is 2.70 bits per heavy atom. The van der Waals surface area contributed by atoms with Crippen molar-refractivity contribution in [1.82, 2.24) is 0 Å². The van der Waals surface area contributed by atoms with E-state index in [4.69, 9.17) is 19.0 Å². The van der Waals surface area contributed by atoms with Gasteiger partial charge in [-0.3, -0.25) is 0 Å². The van der Waals surface area contributed by atoms with Gasteiger partial charge >= 0.3 is 12.1 Å². The number of furan rings is 1. The van der Waals surface area contributed by atoms with Crippen molar-refractivity contribution in [1.29, 1.82) is 0 Å². The van der Waals surface area contributed by atoms with Gasteiger partial charge in [0.1, 0.15) is 17.1 Å². The van der Waals surface area contributed by atoms with Gasteiger partial charge in [-0.1, -0.05) is 6.58 Å². The maximum atomic E-state index is 13.5. The number of carbonyl (C=O) groups excluding carboxylic acids is 1. The predicted molar refractivity (Wildman–Crippen MR) is 106 cm³/mol. The Labute approximate surface area is 174 Å². The van der Waals surface area contributed by atoms with E-state index in [-0.39, 0.29) is 29.6 Å². The average molecular weight is 440 g/mol. The monoisotopic (exact) mass is 440 g/mol. The number of thiophene rings is 1. The zero-order chi connectivity index (χ0) is 21.9. The Morgan fingerprint density at radius 1 is 1.27 bits per heavy atom. The van der Waals surface area contributed by atoms with Gasteiger partial charge in [0.05, 0.1) is 10.4 Å². The maximum Gasteiger partial charge on any atom is 0.417 e. The SMILES string of the molecule is C=C(C)C(=O)OCOc1ccc2cc(-c3sc(CCCO)cc3C(F)(F)F)oc2c1. The third-order valence-electron chi connectivity index (χ3n) is 4.15. The smallest absolute Gasteiger partial charge is 0.417 e. The van der Waals surface area contributed by atoms with Crippen LogP contribution in [0, 0.1) is 0 Å². The van der Waals surface area contributed by atoms with Gasteiger partial charge in [-0.2, -0.15) is 13.2 Å². The highest BCUT2D eigenvalue weighted by Gasteiger charge is 2.36. The molecule has 0 aliphatic carbocycles. The second-order valence-corrected chi connectivity index (χ2v) is 7.70. The molecule has 1 N–H and O–H groups in total. The molecule has 0 radical (unpaired) electrons. The highest BCUT2D eigenvalue weighted by atomic mass is 32.1. The van der Waals surface area contributed by atoms with Gasteiger partial charge < -0.3 is 19.0 Å². The Bertz CT molecular complexity index is 1060. The topological polar surface area (TPSA) is 68.9 Å². The lowest BCUT2D eigenvalue weighted by atomic mass is 10.1. The van der Waals surface area contributed by atoms with E-state index >= 15 is 0 Å². The molecule has 0 atom stereocenters. The van der Waals surface area contributed by atoms with Gasteiger partial charge in [-0.15, -0.1) is 11.3 Å². The minimum Gasteiger partial charge on any atom is -0.457 e. The summed E-state index contributed by atoms with van der Waals surface area (Å²) in [5.74, 6) is -0.155. The summed E-state index contributed by atoms with van der Waals surface area (Å²) in [5.41, 5.74) is -0.186. The molecule has 30 heavy (non-hydrogen) atoms. The van der Waals surface area contributed by atoms with Crippen LogP contribution in [0.15, 0.2) is 46.9 Å². The zero-order valence-electron chi connectivity index (χ0n) is 16.0.